The molecule has 2 N–H and O–H groups in total. The summed E-state index contributed by atoms with van der Waals surface area (Å²) in [6.07, 6.45) is 3.76. The van der Waals surface area contributed by atoms with Crippen molar-refractivity contribution in [1.82, 2.24) is 4.90 Å². The van der Waals surface area contributed by atoms with Crippen molar-refractivity contribution in [2.45, 2.75) is 58.2 Å². The van der Waals surface area contributed by atoms with E-state index in [1.807, 2.05) is 13.0 Å². The molecule has 0 saturated heterocycles. The Kier molecular flexibility index (Phi) is 6.01. The number of benzene rings is 1. The molecule has 0 aromatic heterocycles. The van der Waals surface area contributed by atoms with Gasteiger partial charge in [-0.05, 0) is 62.9 Å². The zero-order valence-corrected chi connectivity index (χ0v) is 15.1. The summed E-state index contributed by atoms with van der Waals surface area (Å²) in [7, 11) is 2.09. The van der Waals surface area contributed by atoms with Crippen LogP contribution in [0.25, 0.3) is 0 Å². The van der Waals surface area contributed by atoms with Gasteiger partial charge in [-0.15, -0.1) is 0 Å². The van der Waals surface area contributed by atoms with Crippen LogP contribution in [0, 0.1) is 6.92 Å². The van der Waals surface area contributed by atoms with Gasteiger partial charge < -0.3 is 10.4 Å². The van der Waals surface area contributed by atoms with Gasteiger partial charge in [0.2, 0.25) is 5.91 Å². The number of nitrogens with one attached hydrogen (secondary N) is 1. The van der Waals surface area contributed by atoms with Crippen molar-refractivity contribution >= 4 is 27.5 Å². The maximum Gasteiger partial charge on any atom is 0.221 e. The number of halogens is 1. The normalized spacial score (nSPS) is 21.9. The average molecular weight is 369 g/mol. The van der Waals surface area contributed by atoms with Crippen LogP contribution in [0.5, 0.6) is 0 Å². The van der Waals surface area contributed by atoms with E-state index in [9.17, 15) is 9.90 Å². The molecule has 2 atom stereocenters. The minimum atomic E-state index is -0.180. The Morgan fingerprint density at radius 1 is 1.45 bits per heavy atom. The predicted octanol–water partition coefficient (Wildman–Crippen LogP) is 3.45. The van der Waals surface area contributed by atoms with E-state index in [0.29, 0.717) is 6.04 Å². The molecule has 0 unspecified atom stereocenters. The molecule has 1 amide bonds. The fraction of sp³-hybridized carbons (Fsp3) is 0.588. The van der Waals surface area contributed by atoms with Crippen LogP contribution in [-0.4, -0.2) is 35.1 Å². The van der Waals surface area contributed by atoms with E-state index in [1.54, 1.807) is 0 Å². The van der Waals surface area contributed by atoms with Gasteiger partial charge in [-0.2, -0.15) is 0 Å². The zero-order chi connectivity index (χ0) is 16.3. The second-order valence-electron chi connectivity index (χ2n) is 6.33. The van der Waals surface area contributed by atoms with Gasteiger partial charge in [-0.25, -0.2) is 0 Å². The van der Waals surface area contributed by atoms with Crippen LogP contribution in [0.2, 0.25) is 0 Å². The van der Waals surface area contributed by atoms with E-state index in [0.717, 1.165) is 53.5 Å². The van der Waals surface area contributed by atoms with E-state index < -0.39 is 0 Å². The highest BCUT2D eigenvalue weighted by Gasteiger charge is 2.24. The van der Waals surface area contributed by atoms with Crippen LogP contribution in [0.4, 0.5) is 5.69 Å². The van der Waals surface area contributed by atoms with Crippen molar-refractivity contribution in [3.05, 3.63) is 27.7 Å². The van der Waals surface area contributed by atoms with E-state index in [-0.39, 0.29) is 12.0 Å². The molecule has 2 rings (SSSR count). The van der Waals surface area contributed by atoms with Crippen LogP contribution < -0.4 is 5.32 Å². The standard InChI is InChI=1S/C17H25BrN2O2/c1-11-7-14(18)8-13(17(11)19-12(2)21)10-20(3)15-5-4-6-16(22)9-15/h7-8,15-16,22H,4-6,9-10H2,1-3H3,(H,19,21)/t15-,16+/m0/s1. The van der Waals surface area contributed by atoms with Crippen LogP contribution in [0.3, 0.4) is 0 Å². The smallest absolute Gasteiger partial charge is 0.221 e. The molecule has 0 radical (unpaired) electrons. The maximum absolute atomic E-state index is 11.5. The monoisotopic (exact) mass is 368 g/mol. The summed E-state index contributed by atoms with van der Waals surface area (Å²) in [5, 5.41) is 12.8. The van der Waals surface area contributed by atoms with Crippen LogP contribution >= 0.6 is 15.9 Å². The third-order valence-electron chi connectivity index (χ3n) is 4.34. The number of amides is 1. The number of carbonyl (C=O) groups is 1. The number of hydrogen-bond acceptors (Lipinski definition) is 3. The van der Waals surface area contributed by atoms with Crippen LogP contribution in [-0.2, 0) is 11.3 Å². The number of rotatable bonds is 4. The zero-order valence-electron chi connectivity index (χ0n) is 13.5. The van der Waals surface area contributed by atoms with Gasteiger partial charge in [-0.3, -0.25) is 9.69 Å². The molecule has 0 aliphatic heterocycles. The number of nitrogens with zero attached hydrogens (tertiary/aromatic N) is 1. The highest BCUT2D eigenvalue weighted by Crippen LogP contribution is 2.29. The Balaban J connectivity index is 2.18. The first-order valence-corrected chi connectivity index (χ1v) is 8.61. The molecular formula is C17H25BrN2O2. The van der Waals surface area contributed by atoms with Gasteiger partial charge in [-0.1, -0.05) is 15.9 Å². The average Bonchev–Trinajstić information content (AvgIpc) is 2.42. The molecule has 5 heteroatoms. The van der Waals surface area contributed by atoms with Crippen molar-refractivity contribution in [2.75, 3.05) is 12.4 Å². The molecule has 122 valence electrons. The Hall–Kier alpha value is -0.910. The molecule has 1 aromatic rings. The minimum Gasteiger partial charge on any atom is -0.393 e. The molecule has 1 fully saturated rings. The number of anilines is 1. The van der Waals surface area contributed by atoms with Crippen molar-refractivity contribution in [3.8, 4) is 0 Å². The molecule has 0 spiro atoms. The lowest BCUT2D eigenvalue weighted by molar-refractivity contribution is -0.114. The molecule has 1 aliphatic carbocycles. The summed E-state index contributed by atoms with van der Waals surface area (Å²) in [5.74, 6) is -0.0533. The highest BCUT2D eigenvalue weighted by molar-refractivity contribution is 9.10. The molecule has 1 saturated carbocycles. The second kappa shape index (κ2) is 7.57. The van der Waals surface area contributed by atoms with Gasteiger partial charge in [0.1, 0.15) is 0 Å². The number of aliphatic hydroxyl groups is 1. The minimum absolute atomic E-state index is 0.0533. The lowest BCUT2D eigenvalue weighted by Crippen LogP contribution is -2.37. The fourth-order valence-corrected chi connectivity index (χ4v) is 3.85. The first kappa shape index (κ1) is 17.4. The number of aryl methyl sites for hydroxylation is 1. The first-order chi connectivity index (χ1) is 10.4. The summed E-state index contributed by atoms with van der Waals surface area (Å²) in [6, 6.07) is 4.47. The number of aliphatic hydroxyl groups excluding tert-OH is 1. The molecule has 0 heterocycles. The maximum atomic E-state index is 11.5. The largest absolute Gasteiger partial charge is 0.393 e. The Morgan fingerprint density at radius 2 is 2.18 bits per heavy atom. The van der Waals surface area contributed by atoms with Crippen molar-refractivity contribution < 1.29 is 9.90 Å². The summed E-state index contributed by atoms with van der Waals surface area (Å²) in [5.41, 5.74) is 3.06. The van der Waals surface area contributed by atoms with E-state index in [2.05, 4.69) is 39.3 Å². The Bertz CT molecular complexity index is 548. The van der Waals surface area contributed by atoms with E-state index in [1.165, 1.54) is 6.92 Å². The second-order valence-corrected chi connectivity index (χ2v) is 7.24. The van der Waals surface area contributed by atoms with E-state index >= 15 is 0 Å². The fourth-order valence-electron chi connectivity index (χ4n) is 3.23. The molecule has 0 bridgehead atoms. The Morgan fingerprint density at radius 3 is 2.82 bits per heavy atom. The van der Waals surface area contributed by atoms with E-state index in [4.69, 9.17) is 0 Å². The van der Waals surface area contributed by atoms with Gasteiger partial charge in [0.15, 0.2) is 0 Å². The molecule has 1 aliphatic rings. The van der Waals surface area contributed by atoms with Gasteiger partial charge in [0.05, 0.1) is 6.10 Å². The molecule has 22 heavy (non-hydrogen) atoms. The van der Waals surface area contributed by atoms with Gasteiger partial charge in [0, 0.05) is 29.7 Å². The summed E-state index contributed by atoms with van der Waals surface area (Å²) < 4.78 is 1.02. The van der Waals surface area contributed by atoms with Crippen LogP contribution in [0.1, 0.15) is 43.7 Å². The summed E-state index contributed by atoms with van der Waals surface area (Å²) >= 11 is 3.54. The number of hydrogen-bond donors (Lipinski definition) is 2. The highest BCUT2D eigenvalue weighted by atomic mass is 79.9. The quantitative estimate of drug-likeness (QED) is 0.855. The molecule has 1 aromatic carbocycles. The van der Waals surface area contributed by atoms with Gasteiger partial charge >= 0.3 is 0 Å². The third-order valence-corrected chi connectivity index (χ3v) is 4.80. The molecule has 4 nitrogen and oxygen atoms in total. The number of carbonyl (C=O) groups excluding carboxylic acids is 1. The van der Waals surface area contributed by atoms with Crippen molar-refractivity contribution in [3.63, 3.8) is 0 Å². The van der Waals surface area contributed by atoms with Crippen molar-refractivity contribution in [1.29, 1.82) is 0 Å². The summed E-state index contributed by atoms with van der Waals surface area (Å²) in [4.78, 5) is 13.8. The summed E-state index contributed by atoms with van der Waals surface area (Å²) in [6.45, 7) is 4.30. The first-order valence-electron chi connectivity index (χ1n) is 7.81. The predicted molar refractivity (Wildman–Crippen MR) is 92.9 cm³/mol. The third kappa shape index (κ3) is 4.54. The lowest BCUT2D eigenvalue weighted by atomic mass is 9.92. The lowest BCUT2D eigenvalue weighted by Gasteiger charge is -2.34. The van der Waals surface area contributed by atoms with Crippen LogP contribution in [0.15, 0.2) is 16.6 Å². The van der Waals surface area contributed by atoms with Gasteiger partial charge in [0.25, 0.3) is 0 Å². The topological polar surface area (TPSA) is 52.6 Å². The molecular weight excluding hydrogens is 344 g/mol. The Labute approximate surface area is 141 Å². The van der Waals surface area contributed by atoms with Crippen molar-refractivity contribution in [2.24, 2.45) is 0 Å². The SMILES string of the molecule is CC(=O)Nc1c(C)cc(Br)cc1CN(C)[C@H]1CCC[C@@H](O)C1.